The lowest BCUT2D eigenvalue weighted by Gasteiger charge is -2.10. The summed E-state index contributed by atoms with van der Waals surface area (Å²) < 4.78 is 7.40. The molecule has 2 rings (SSSR count). The quantitative estimate of drug-likeness (QED) is 0.807. The Morgan fingerprint density at radius 2 is 1.96 bits per heavy atom. The van der Waals surface area contributed by atoms with E-state index in [1.807, 2.05) is 24.3 Å². The predicted octanol–water partition coefficient (Wildman–Crippen LogP) is -0.0855. The van der Waals surface area contributed by atoms with Crippen LogP contribution in [0.5, 0.6) is 5.75 Å². The van der Waals surface area contributed by atoms with Crippen molar-refractivity contribution in [3.8, 4) is 5.75 Å². The minimum Gasteiger partial charge on any atom is -0.496 e. The van der Waals surface area contributed by atoms with Gasteiger partial charge >= 0.3 is 5.69 Å². The summed E-state index contributed by atoms with van der Waals surface area (Å²) in [5, 5.41) is 2.75. The van der Waals surface area contributed by atoms with Crippen LogP contribution in [0.1, 0.15) is 5.56 Å². The summed E-state index contributed by atoms with van der Waals surface area (Å²) in [6.45, 7) is 0.304. The van der Waals surface area contributed by atoms with E-state index in [1.165, 1.54) is 23.9 Å². The van der Waals surface area contributed by atoms with E-state index in [0.717, 1.165) is 15.9 Å². The van der Waals surface area contributed by atoms with Crippen molar-refractivity contribution >= 4 is 5.91 Å². The molecule has 0 aliphatic heterocycles. The summed E-state index contributed by atoms with van der Waals surface area (Å²) in [6, 6.07) is 8.84. The highest BCUT2D eigenvalue weighted by atomic mass is 16.5. The molecule has 0 spiro atoms. The molecule has 1 heterocycles. The number of methoxy groups -OCH3 is 1. The molecule has 0 aliphatic carbocycles. The molecule has 0 saturated carbocycles. The fourth-order valence-electron chi connectivity index (χ4n) is 2.19. The van der Waals surface area contributed by atoms with Gasteiger partial charge in [-0.25, -0.2) is 4.79 Å². The van der Waals surface area contributed by atoms with Crippen LogP contribution in [-0.2, 0) is 24.8 Å². The molecule has 0 unspecified atom stereocenters. The number of amides is 1. The number of hydrogen-bond donors (Lipinski definition) is 1. The number of hydrogen-bond acceptors (Lipinski definition) is 4. The maximum Gasteiger partial charge on any atom is 0.331 e. The van der Waals surface area contributed by atoms with Gasteiger partial charge in [0, 0.05) is 25.9 Å². The van der Waals surface area contributed by atoms with Gasteiger partial charge in [-0.3, -0.25) is 18.7 Å². The molecule has 0 atom stereocenters. The number of nitrogens with zero attached hydrogens (tertiary/aromatic N) is 2. The van der Waals surface area contributed by atoms with Crippen LogP contribution >= 0.6 is 0 Å². The molecule has 1 N–H and O–H groups in total. The zero-order chi connectivity index (χ0) is 16.8. The van der Waals surface area contributed by atoms with Gasteiger partial charge in [-0.05, 0) is 18.1 Å². The van der Waals surface area contributed by atoms with E-state index in [4.69, 9.17) is 4.74 Å². The smallest absolute Gasteiger partial charge is 0.331 e. The predicted molar refractivity (Wildman–Crippen MR) is 85.7 cm³/mol. The van der Waals surface area contributed by atoms with Gasteiger partial charge in [0.2, 0.25) is 5.91 Å². The summed E-state index contributed by atoms with van der Waals surface area (Å²) in [6.07, 6.45) is 1.95. The summed E-state index contributed by atoms with van der Waals surface area (Å²) in [7, 11) is 2.98. The van der Waals surface area contributed by atoms with E-state index in [0.29, 0.717) is 13.0 Å². The van der Waals surface area contributed by atoms with Crippen LogP contribution in [0.25, 0.3) is 0 Å². The molecule has 7 heteroatoms. The van der Waals surface area contributed by atoms with Gasteiger partial charge in [-0.15, -0.1) is 0 Å². The second kappa shape index (κ2) is 7.44. The van der Waals surface area contributed by atoms with E-state index < -0.39 is 11.2 Å². The first-order chi connectivity index (χ1) is 11.0. The van der Waals surface area contributed by atoms with Crippen LogP contribution in [0.15, 0.2) is 46.1 Å². The molecule has 1 aromatic heterocycles. The highest BCUT2D eigenvalue weighted by molar-refractivity contribution is 5.75. The van der Waals surface area contributed by atoms with Crippen molar-refractivity contribution in [2.45, 2.75) is 13.0 Å². The molecule has 0 radical (unpaired) electrons. The van der Waals surface area contributed by atoms with Crippen LogP contribution in [0.4, 0.5) is 0 Å². The van der Waals surface area contributed by atoms with Gasteiger partial charge in [0.15, 0.2) is 0 Å². The lowest BCUT2D eigenvalue weighted by molar-refractivity contribution is -0.121. The highest BCUT2D eigenvalue weighted by Crippen LogP contribution is 2.17. The molecule has 122 valence electrons. The third-order valence-electron chi connectivity index (χ3n) is 3.48. The fourth-order valence-corrected chi connectivity index (χ4v) is 2.19. The molecule has 1 aromatic carbocycles. The van der Waals surface area contributed by atoms with Gasteiger partial charge in [-0.1, -0.05) is 18.2 Å². The van der Waals surface area contributed by atoms with Gasteiger partial charge < -0.3 is 10.1 Å². The molecule has 7 nitrogen and oxygen atoms in total. The summed E-state index contributed by atoms with van der Waals surface area (Å²) in [5.74, 6) is 0.483. The zero-order valence-electron chi connectivity index (χ0n) is 13.1. The lowest BCUT2D eigenvalue weighted by atomic mass is 10.1. The minimum atomic E-state index is -0.516. The van der Waals surface area contributed by atoms with Crippen LogP contribution < -0.4 is 21.3 Å². The van der Waals surface area contributed by atoms with Crippen molar-refractivity contribution in [2.24, 2.45) is 7.05 Å². The number of nitrogens with one attached hydrogen (secondary N) is 1. The Bertz CT molecular complexity index is 807. The number of carbonyl (C=O) groups is 1. The Hall–Kier alpha value is -2.83. The molecule has 0 aliphatic rings. The van der Waals surface area contributed by atoms with Crippen LogP contribution in [0.2, 0.25) is 0 Å². The normalized spacial score (nSPS) is 10.3. The first-order valence-corrected chi connectivity index (χ1v) is 7.18. The standard InChI is InChI=1S/C16H19N3O4/c1-18-15(21)8-10-19(16(18)22)11-14(20)17-9-7-12-5-3-4-6-13(12)23-2/h3-6,8,10H,7,9,11H2,1-2H3,(H,17,20). The molecule has 1 amide bonds. The summed E-state index contributed by atoms with van der Waals surface area (Å²) >= 11 is 0. The number of ether oxygens (including phenoxy) is 1. The maximum absolute atomic E-state index is 11.9. The summed E-state index contributed by atoms with van der Waals surface area (Å²) in [4.78, 5) is 35.1. The molecule has 0 bridgehead atoms. The van der Waals surface area contributed by atoms with Crippen molar-refractivity contribution in [2.75, 3.05) is 13.7 Å². The second-order valence-electron chi connectivity index (χ2n) is 5.04. The first-order valence-electron chi connectivity index (χ1n) is 7.18. The SMILES string of the molecule is COc1ccccc1CCNC(=O)Cn1ccc(=O)n(C)c1=O. The van der Waals surface area contributed by atoms with Gasteiger partial charge in [-0.2, -0.15) is 0 Å². The number of carbonyl (C=O) groups excluding carboxylic acids is 1. The van der Waals surface area contributed by atoms with Gasteiger partial charge in [0.1, 0.15) is 12.3 Å². The van der Waals surface area contributed by atoms with Crippen LogP contribution in [0.3, 0.4) is 0 Å². The number of benzene rings is 1. The third kappa shape index (κ3) is 4.09. The number of para-hydroxylation sites is 1. The lowest BCUT2D eigenvalue weighted by Crippen LogP contribution is -2.40. The Kier molecular flexibility index (Phi) is 5.35. The zero-order valence-corrected chi connectivity index (χ0v) is 13.1. The molecular formula is C16H19N3O4. The number of rotatable bonds is 6. The Balaban J connectivity index is 1.92. The van der Waals surface area contributed by atoms with E-state index in [-0.39, 0.29) is 12.5 Å². The third-order valence-corrected chi connectivity index (χ3v) is 3.48. The Morgan fingerprint density at radius 3 is 2.70 bits per heavy atom. The van der Waals surface area contributed by atoms with E-state index >= 15 is 0 Å². The Morgan fingerprint density at radius 1 is 1.22 bits per heavy atom. The monoisotopic (exact) mass is 317 g/mol. The molecular weight excluding hydrogens is 298 g/mol. The van der Waals surface area contributed by atoms with E-state index in [1.54, 1.807) is 7.11 Å². The van der Waals surface area contributed by atoms with E-state index in [2.05, 4.69) is 5.32 Å². The average molecular weight is 317 g/mol. The largest absolute Gasteiger partial charge is 0.496 e. The van der Waals surface area contributed by atoms with Crippen molar-refractivity contribution in [3.63, 3.8) is 0 Å². The van der Waals surface area contributed by atoms with Crippen molar-refractivity contribution < 1.29 is 9.53 Å². The van der Waals surface area contributed by atoms with Crippen molar-refractivity contribution in [1.29, 1.82) is 0 Å². The summed E-state index contributed by atoms with van der Waals surface area (Å²) in [5.41, 5.74) is 0.0785. The van der Waals surface area contributed by atoms with E-state index in [9.17, 15) is 14.4 Å². The molecule has 0 saturated heterocycles. The first kappa shape index (κ1) is 16.5. The minimum absolute atomic E-state index is 0.126. The number of aromatic nitrogens is 2. The highest BCUT2D eigenvalue weighted by Gasteiger charge is 2.07. The second-order valence-corrected chi connectivity index (χ2v) is 5.04. The van der Waals surface area contributed by atoms with Gasteiger partial charge in [0.25, 0.3) is 5.56 Å². The average Bonchev–Trinajstić information content (AvgIpc) is 2.56. The fraction of sp³-hybridized carbons (Fsp3) is 0.312. The maximum atomic E-state index is 11.9. The topological polar surface area (TPSA) is 82.3 Å². The van der Waals surface area contributed by atoms with Crippen molar-refractivity contribution in [3.05, 3.63) is 62.9 Å². The molecule has 0 fully saturated rings. The van der Waals surface area contributed by atoms with Crippen molar-refractivity contribution in [1.82, 2.24) is 14.5 Å². The van der Waals surface area contributed by atoms with Gasteiger partial charge in [0.05, 0.1) is 7.11 Å². The van der Waals surface area contributed by atoms with Crippen LogP contribution in [0, 0.1) is 0 Å². The van der Waals surface area contributed by atoms with Crippen LogP contribution in [-0.4, -0.2) is 28.7 Å². The Labute approximate surface area is 133 Å². The molecule has 23 heavy (non-hydrogen) atoms. The molecule has 2 aromatic rings.